The van der Waals surface area contributed by atoms with Gasteiger partial charge in [0.05, 0.1) is 0 Å². The number of para-hydroxylation sites is 6. The molecule has 3 heteroatoms. The fourth-order valence-corrected chi connectivity index (χ4v) is 11.6. The summed E-state index contributed by atoms with van der Waals surface area (Å²) in [7, 11) is 0. The van der Waals surface area contributed by atoms with Crippen LogP contribution in [0, 0.1) is 0 Å². The van der Waals surface area contributed by atoms with E-state index in [1.807, 2.05) is 0 Å². The van der Waals surface area contributed by atoms with Crippen LogP contribution in [0.15, 0.2) is 352 Å². The summed E-state index contributed by atoms with van der Waals surface area (Å²) in [5.41, 5.74) is 25.1. The molecule has 86 heavy (non-hydrogen) atoms. The summed E-state index contributed by atoms with van der Waals surface area (Å²) in [4.78, 5) is 6.92. The standard InChI is InChI=1S/C83H65N3/c1-61(2)62-33-41-69(42-34-62)82(70-43-35-63(36-44-70)66-49-55-79(56-50-66)84(73-21-9-3-10-22-73)74-23-11-4-12-24-74)83(71-45-37-64(38-46-71)67-51-57-80(58-52-67)85(75-25-13-5-14-26-75)76-27-15-6-16-28-76)72-47-39-65(40-48-72)68-53-59-81(60-54-68)86(77-29-17-7-18-30-77)78-31-19-8-20-32-78/h3-61H,1-2H3. The maximum atomic E-state index is 2.32. The highest BCUT2D eigenvalue weighted by atomic mass is 15.2. The first-order chi connectivity index (χ1) is 42.5. The third-order valence-electron chi connectivity index (χ3n) is 16.1. The first-order valence-electron chi connectivity index (χ1n) is 29.7. The van der Waals surface area contributed by atoms with Crippen LogP contribution >= 0.6 is 0 Å². The lowest BCUT2D eigenvalue weighted by Gasteiger charge is -2.25. The fraction of sp³-hybridized carbons (Fsp3) is 0.0361. The highest BCUT2D eigenvalue weighted by Crippen LogP contribution is 2.43. The Bertz CT molecular complexity index is 4010. The second-order valence-corrected chi connectivity index (χ2v) is 21.9. The van der Waals surface area contributed by atoms with Crippen LogP contribution in [0.5, 0.6) is 0 Å². The summed E-state index contributed by atoms with van der Waals surface area (Å²) in [6, 6.07) is 127. The zero-order chi connectivity index (χ0) is 58.0. The molecule has 0 heterocycles. The van der Waals surface area contributed by atoms with Crippen molar-refractivity contribution in [2.45, 2.75) is 19.8 Å². The van der Waals surface area contributed by atoms with Crippen LogP contribution in [-0.4, -0.2) is 0 Å². The highest BCUT2D eigenvalue weighted by molar-refractivity contribution is 6.05. The van der Waals surface area contributed by atoms with E-state index in [4.69, 9.17) is 0 Å². The molecule has 0 radical (unpaired) electrons. The Balaban J connectivity index is 0.892. The predicted octanol–water partition coefficient (Wildman–Crippen LogP) is 23.2. The van der Waals surface area contributed by atoms with Gasteiger partial charge >= 0.3 is 0 Å². The van der Waals surface area contributed by atoms with Crippen molar-refractivity contribution in [2.75, 3.05) is 14.7 Å². The van der Waals surface area contributed by atoms with Gasteiger partial charge in [0.25, 0.3) is 0 Å². The van der Waals surface area contributed by atoms with Gasteiger partial charge in [-0.15, -0.1) is 0 Å². The van der Waals surface area contributed by atoms with E-state index in [-0.39, 0.29) is 0 Å². The quantitative estimate of drug-likeness (QED) is 0.0842. The molecule has 0 aliphatic carbocycles. The Morgan fingerprint density at radius 2 is 0.349 bits per heavy atom. The van der Waals surface area contributed by atoms with Gasteiger partial charge in [-0.05, 0) is 187 Å². The third kappa shape index (κ3) is 11.8. The number of nitrogens with zero attached hydrogens (tertiary/aromatic N) is 3. The van der Waals surface area contributed by atoms with Gasteiger partial charge in [0.15, 0.2) is 0 Å². The number of hydrogen-bond donors (Lipinski definition) is 0. The molecule has 0 saturated carbocycles. The van der Waals surface area contributed by atoms with Crippen LogP contribution in [0.1, 0.15) is 47.6 Å². The second kappa shape index (κ2) is 25.2. The molecule has 13 aromatic carbocycles. The maximum absolute atomic E-state index is 2.32. The van der Waals surface area contributed by atoms with Gasteiger partial charge in [-0.25, -0.2) is 0 Å². The van der Waals surface area contributed by atoms with E-state index >= 15 is 0 Å². The Labute approximate surface area is 507 Å². The molecule has 0 aliphatic heterocycles. The summed E-state index contributed by atoms with van der Waals surface area (Å²) in [6.07, 6.45) is 0. The number of anilines is 9. The second-order valence-electron chi connectivity index (χ2n) is 21.9. The van der Waals surface area contributed by atoms with Crippen LogP contribution in [0.2, 0.25) is 0 Å². The smallest absolute Gasteiger partial charge is 0.0462 e. The van der Waals surface area contributed by atoms with Crippen molar-refractivity contribution >= 4 is 62.3 Å². The maximum Gasteiger partial charge on any atom is 0.0462 e. The lowest BCUT2D eigenvalue weighted by atomic mass is 9.84. The molecule has 0 atom stereocenters. The largest absolute Gasteiger partial charge is 0.311 e. The van der Waals surface area contributed by atoms with Gasteiger partial charge in [0, 0.05) is 51.2 Å². The molecule has 0 fully saturated rings. The van der Waals surface area contributed by atoms with Gasteiger partial charge < -0.3 is 14.7 Å². The van der Waals surface area contributed by atoms with Gasteiger partial charge in [-0.3, -0.25) is 0 Å². The Morgan fingerprint density at radius 3 is 0.535 bits per heavy atom. The molecule has 13 rings (SSSR count). The first-order valence-corrected chi connectivity index (χ1v) is 29.7. The Hall–Kier alpha value is -11.0. The molecule has 0 saturated heterocycles. The summed E-state index contributed by atoms with van der Waals surface area (Å²) in [6.45, 7) is 4.53. The van der Waals surface area contributed by atoms with E-state index in [0.717, 1.165) is 112 Å². The van der Waals surface area contributed by atoms with Crippen LogP contribution in [-0.2, 0) is 0 Å². The van der Waals surface area contributed by atoms with Gasteiger partial charge in [-0.1, -0.05) is 257 Å². The summed E-state index contributed by atoms with van der Waals surface area (Å²) >= 11 is 0. The number of rotatable bonds is 17. The molecule has 0 spiro atoms. The first kappa shape index (κ1) is 54.3. The predicted molar refractivity (Wildman–Crippen MR) is 365 cm³/mol. The summed E-state index contributed by atoms with van der Waals surface area (Å²) < 4.78 is 0. The number of hydrogen-bond acceptors (Lipinski definition) is 3. The molecule has 3 nitrogen and oxygen atoms in total. The monoisotopic (exact) mass is 1100 g/mol. The topological polar surface area (TPSA) is 9.72 Å². The number of benzene rings is 13. The van der Waals surface area contributed by atoms with Gasteiger partial charge in [0.1, 0.15) is 0 Å². The minimum absolute atomic E-state index is 0.400. The zero-order valence-electron chi connectivity index (χ0n) is 48.4. The van der Waals surface area contributed by atoms with Crippen LogP contribution in [0.4, 0.5) is 51.2 Å². The van der Waals surface area contributed by atoms with E-state index in [2.05, 4.69) is 380 Å². The van der Waals surface area contributed by atoms with Gasteiger partial charge in [-0.2, -0.15) is 0 Å². The summed E-state index contributed by atoms with van der Waals surface area (Å²) in [5.74, 6) is 0.400. The average molecular weight is 1100 g/mol. The fourth-order valence-electron chi connectivity index (χ4n) is 11.6. The van der Waals surface area contributed by atoms with Crippen LogP contribution < -0.4 is 14.7 Å². The Kier molecular flexibility index (Phi) is 15.9. The average Bonchev–Trinajstić information content (AvgIpc) is 2.85. The zero-order valence-corrected chi connectivity index (χ0v) is 48.4. The highest BCUT2D eigenvalue weighted by Gasteiger charge is 2.20. The molecule has 0 aromatic heterocycles. The van der Waals surface area contributed by atoms with Crippen molar-refractivity contribution < 1.29 is 0 Å². The third-order valence-corrected chi connectivity index (χ3v) is 16.1. The van der Waals surface area contributed by atoms with Crippen molar-refractivity contribution in [1.82, 2.24) is 0 Å². The minimum atomic E-state index is 0.400. The van der Waals surface area contributed by atoms with Crippen LogP contribution in [0.3, 0.4) is 0 Å². The molecule has 412 valence electrons. The molecule has 0 unspecified atom stereocenters. The molecular formula is C83H65N3. The van der Waals surface area contributed by atoms with Crippen molar-refractivity contribution in [1.29, 1.82) is 0 Å². The van der Waals surface area contributed by atoms with Crippen molar-refractivity contribution in [3.63, 3.8) is 0 Å². The van der Waals surface area contributed by atoms with E-state index in [9.17, 15) is 0 Å². The molecule has 0 N–H and O–H groups in total. The lowest BCUT2D eigenvalue weighted by molar-refractivity contribution is 0.866. The lowest BCUT2D eigenvalue weighted by Crippen LogP contribution is -2.09. The van der Waals surface area contributed by atoms with Crippen LogP contribution in [0.25, 0.3) is 44.5 Å². The van der Waals surface area contributed by atoms with E-state index in [0.29, 0.717) is 5.92 Å². The molecule has 0 aliphatic rings. The van der Waals surface area contributed by atoms with Gasteiger partial charge in [0.2, 0.25) is 0 Å². The van der Waals surface area contributed by atoms with Crippen molar-refractivity contribution in [3.05, 3.63) is 380 Å². The van der Waals surface area contributed by atoms with E-state index < -0.39 is 0 Å². The van der Waals surface area contributed by atoms with E-state index in [1.165, 1.54) is 11.1 Å². The SMILES string of the molecule is CC(C)c1ccc(C(=C(c2ccc(-c3ccc(N(c4ccccc4)c4ccccc4)cc3)cc2)c2ccc(-c3ccc(N(c4ccccc4)c4ccccc4)cc3)cc2)c2ccc(-c3ccc(N(c4ccccc4)c4ccccc4)cc3)cc2)cc1. The molecule has 0 amide bonds. The minimum Gasteiger partial charge on any atom is -0.311 e. The molecule has 13 aromatic rings. The molecule has 0 bridgehead atoms. The van der Waals surface area contributed by atoms with Crippen molar-refractivity contribution in [3.8, 4) is 33.4 Å². The molecular weight excluding hydrogens is 1040 g/mol. The normalized spacial score (nSPS) is 11.0. The summed E-state index contributed by atoms with van der Waals surface area (Å²) in [5, 5.41) is 0. The van der Waals surface area contributed by atoms with Crippen molar-refractivity contribution in [2.24, 2.45) is 0 Å². The Morgan fingerprint density at radius 1 is 0.186 bits per heavy atom. The van der Waals surface area contributed by atoms with E-state index in [1.54, 1.807) is 0 Å².